The van der Waals surface area contributed by atoms with E-state index in [2.05, 4.69) is 88.5 Å². The van der Waals surface area contributed by atoms with E-state index in [1.165, 1.54) is 0 Å². The summed E-state index contributed by atoms with van der Waals surface area (Å²) in [6.07, 6.45) is 7.00. The fourth-order valence-electron chi connectivity index (χ4n) is 2.64. The normalized spacial score (nSPS) is 10.2. The average molecular weight is 655 g/mol. The summed E-state index contributed by atoms with van der Waals surface area (Å²) in [6.45, 7) is 27.6. The van der Waals surface area contributed by atoms with Gasteiger partial charge < -0.3 is 36.3 Å². The Kier molecular flexibility index (Phi) is 34.1. The van der Waals surface area contributed by atoms with Crippen LogP contribution in [0.1, 0.15) is 0 Å². The van der Waals surface area contributed by atoms with Gasteiger partial charge in [-0.25, -0.2) is 0 Å². The molecule has 0 saturated heterocycles. The fraction of sp³-hybridized carbons (Fsp3) is 0.545. The third-order valence-electron chi connectivity index (χ3n) is 2.47. The van der Waals surface area contributed by atoms with Crippen LogP contribution in [0, 0.1) is 0 Å². The molecule has 2 radical (unpaired) electrons. The van der Waals surface area contributed by atoms with E-state index in [0.717, 1.165) is 0 Å². The Balaban J connectivity index is -0.0000000748. The van der Waals surface area contributed by atoms with Gasteiger partial charge in [0.1, 0.15) is 0 Å². The van der Waals surface area contributed by atoms with Crippen LogP contribution in [0.25, 0.3) is 9.30 Å². The average Bonchev–Trinajstić information content (AvgIpc) is 2.53. The second-order valence-electron chi connectivity index (χ2n) is 11.0. The summed E-state index contributed by atoms with van der Waals surface area (Å²) in [4.78, 5) is 7.57. The van der Waals surface area contributed by atoms with Crippen molar-refractivity contribution < 1.29 is 34.1 Å². The molecule has 0 amide bonds. The molecule has 0 aliphatic heterocycles. The smallest absolute Gasteiger partial charge is 2.00 e. The first kappa shape index (κ1) is 48.0. The van der Waals surface area contributed by atoms with E-state index in [-0.39, 0.29) is 61.1 Å². The van der Waals surface area contributed by atoms with Gasteiger partial charge in [0.25, 0.3) is 0 Å². The zero-order valence-electron chi connectivity index (χ0n) is 23.1. The van der Waals surface area contributed by atoms with Crippen molar-refractivity contribution in [3.8, 4) is 0 Å². The molecule has 2 rings (SSSR count). The summed E-state index contributed by atoms with van der Waals surface area (Å²) >= 11 is 0. The van der Waals surface area contributed by atoms with E-state index in [4.69, 9.17) is 9.30 Å². The van der Waals surface area contributed by atoms with Crippen molar-refractivity contribution >= 4 is 59.9 Å². The van der Waals surface area contributed by atoms with Crippen LogP contribution < -0.4 is 0 Å². The van der Waals surface area contributed by atoms with E-state index >= 15 is 0 Å². The van der Waals surface area contributed by atoms with Crippen LogP contribution in [0.5, 0.6) is 0 Å². The molecule has 0 aromatic carbocycles. The Labute approximate surface area is 251 Å². The second-order valence-corrected chi connectivity index (χ2v) is 30.1. The molecule has 34 heavy (non-hydrogen) atoms. The maximum Gasteiger partial charge on any atom is 3.00 e. The summed E-state index contributed by atoms with van der Waals surface area (Å²) in [6, 6.07) is 11.4. The van der Waals surface area contributed by atoms with E-state index in [1.54, 1.807) is 24.8 Å². The van der Waals surface area contributed by atoms with Crippen LogP contribution in [0.2, 0.25) is 78.6 Å². The number of rotatable bonds is 4. The Morgan fingerprint density at radius 1 is 0.382 bits per heavy atom. The molecule has 2 heterocycles. The quantitative estimate of drug-likeness (QED) is 0.312. The molecule has 0 N–H and O–H groups in total. The standard InChI is InChI=1S/2C6H18NSi2.2C5H5N.2Fe.2S/c2*1-8(2,3)7-9(4,5)6;2*1-2-4-6-5-3-1;;;;/h2*1-6H3;2*1-5H;;;;/q2*-1;;;2*+3;2*-2. The van der Waals surface area contributed by atoms with Crippen molar-refractivity contribution in [1.82, 2.24) is 9.97 Å². The molecule has 4 nitrogen and oxygen atoms in total. The Hall–Kier alpha value is 0.826. The number of aromatic nitrogens is 2. The minimum Gasteiger partial charge on any atom is -2.00 e. The van der Waals surface area contributed by atoms with Crippen LogP contribution in [0.4, 0.5) is 0 Å². The molecule has 0 saturated carbocycles. The first-order valence-corrected chi connectivity index (χ1v) is 24.4. The van der Waals surface area contributed by atoms with Crippen LogP contribution >= 0.6 is 0 Å². The second kappa shape index (κ2) is 24.2. The topological polar surface area (TPSA) is 54.0 Å². The number of nitrogens with zero attached hydrogens (tertiary/aromatic N) is 4. The van der Waals surface area contributed by atoms with Crippen LogP contribution in [-0.2, 0) is 61.1 Å². The predicted molar refractivity (Wildman–Crippen MR) is 163 cm³/mol. The molecule has 2 aromatic rings. The van der Waals surface area contributed by atoms with E-state index < -0.39 is 32.9 Å². The first-order chi connectivity index (χ1) is 13.4. The molecular formula is C22H46Fe2N4S2Si4. The molecular weight excluding hydrogens is 608 g/mol. The van der Waals surface area contributed by atoms with Crippen molar-refractivity contribution in [2.45, 2.75) is 78.6 Å². The molecule has 0 aliphatic carbocycles. The zero-order chi connectivity index (χ0) is 23.9. The minimum absolute atomic E-state index is 0. The zero-order valence-corrected chi connectivity index (χ0v) is 30.9. The molecule has 0 bridgehead atoms. The van der Waals surface area contributed by atoms with E-state index in [1.807, 2.05) is 36.4 Å². The number of pyridine rings is 2. The Bertz CT molecular complexity index is 501. The van der Waals surface area contributed by atoms with Gasteiger partial charge in [0.2, 0.25) is 0 Å². The summed E-state index contributed by atoms with van der Waals surface area (Å²) in [5.74, 6) is 0. The molecule has 0 unspecified atom stereocenters. The largest absolute Gasteiger partial charge is 3.00 e. The van der Waals surface area contributed by atoms with Gasteiger partial charge in [0.05, 0.1) is 0 Å². The molecule has 0 atom stereocenters. The van der Waals surface area contributed by atoms with Crippen LogP contribution in [0.15, 0.2) is 61.2 Å². The van der Waals surface area contributed by atoms with Gasteiger partial charge in [-0.1, -0.05) is 124 Å². The van der Waals surface area contributed by atoms with Gasteiger partial charge >= 0.3 is 34.1 Å². The first-order valence-electron chi connectivity index (χ1n) is 10.6. The van der Waals surface area contributed by atoms with Crippen LogP contribution in [0.3, 0.4) is 0 Å². The van der Waals surface area contributed by atoms with Crippen molar-refractivity contribution in [1.29, 1.82) is 0 Å². The fourth-order valence-corrected chi connectivity index (χ4v) is 18.7. The van der Waals surface area contributed by atoms with Crippen molar-refractivity contribution in [3.63, 3.8) is 0 Å². The molecule has 0 spiro atoms. The van der Waals surface area contributed by atoms with Gasteiger partial charge in [-0.3, -0.25) is 9.97 Å². The van der Waals surface area contributed by atoms with Crippen molar-refractivity contribution in [3.05, 3.63) is 70.5 Å². The maximum atomic E-state index is 4.82. The van der Waals surface area contributed by atoms with Crippen molar-refractivity contribution in [2.75, 3.05) is 0 Å². The third-order valence-corrected chi connectivity index (χ3v) is 13.2. The third kappa shape index (κ3) is 53.9. The van der Waals surface area contributed by atoms with E-state index in [0.29, 0.717) is 0 Å². The Morgan fingerprint density at radius 3 is 0.588 bits per heavy atom. The minimum atomic E-state index is -1.11. The van der Waals surface area contributed by atoms with Gasteiger partial charge in [-0.05, 0) is 24.3 Å². The molecule has 198 valence electrons. The summed E-state index contributed by atoms with van der Waals surface area (Å²) in [7, 11) is -4.42. The van der Waals surface area contributed by atoms with Gasteiger partial charge in [-0.15, -0.1) is 0 Å². The van der Waals surface area contributed by atoms with Gasteiger partial charge in [-0.2, -0.15) is 0 Å². The summed E-state index contributed by atoms with van der Waals surface area (Å²) < 4.78 is 9.64. The predicted octanol–water partition coefficient (Wildman–Crippen LogP) is 8.21. The van der Waals surface area contributed by atoms with Crippen LogP contribution in [-0.4, -0.2) is 42.9 Å². The molecule has 0 aliphatic rings. The number of hydrogen-bond acceptors (Lipinski definition) is 2. The van der Waals surface area contributed by atoms with Crippen molar-refractivity contribution in [2.24, 2.45) is 0 Å². The molecule has 0 fully saturated rings. The SMILES string of the molecule is C[Si](C)(C)[N-][Si](C)(C)C.C[Si](C)(C)[N-][Si](C)(C)C.[Fe+3].[Fe+3].[S-2].[S-2].c1ccncc1.c1ccncc1. The number of hydrogen-bond donors (Lipinski definition) is 0. The van der Waals surface area contributed by atoms with Gasteiger partial charge in [0.15, 0.2) is 0 Å². The Morgan fingerprint density at radius 2 is 0.559 bits per heavy atom. The van der Waals surface area contributed by atoms with E-state index in [9.17, 15) is 0 Å². The monoisotopic (exact) mass is 654 g/mol. The van der Waals surface area contributed by atoms with Gasteiger partial charge in [0, 0.05) is 24.8 Å². The summed E-state index contributed by atoms with van der Waals surface area (Å²) in [5.41, 5.74) is 0. The summed E-state index contributed by atoms with van der Waals surface area (Å²) in [5, 5.41) is 0. The maximum absolute atomic E-state index is 4.82. The molecule has 12 heteroatoms. The molecule has 2 aromatic heterocycles.